The van der Waals surface area contributed by atoms with E-state index >= 15 is 0 Å². The number of nitrogens with zero attached hydrogens (tertiary/aromatic N) is 4. The zero-order valence-corrected chi connectivity index (χ0v) is 12.9. The molecule has 6 heteroatoms. The first-order chi connectivity index (χ1) is 10.8. The largest absolute Gasteiger partial charge is 0.354 e. The number of hydrogen-bond acceptors (Lipinski definition) is 3. The van der Waals surface area contributed by atoms with Gasteiger partial charge < -0.3 is 10.6 Å². The summed E-state index contributed by atoms with van der Waals surface area (Å²) in [4.78, 5) is 12.8. The van der Waals surface area contributed by atoms with Crippen molar-refractivity contribution >= 4 is 5.96 Å². The molecule has 0 aliphatic heterocycles. The molecule has 0 aromatic carbocycles. The van der Waals surface area contributed by atoms with E-state index < -0.39 is 0 Å². The third kappa shape index (κ3) is 3.63. The third-order valence-electron chi connectivity index (χ3n) is 3.96. The Bertz CT molecular complexity index is 596. The van der Waals surface area contributed by atoms with Crippen molar-refractivity contribution in [3.8, 4) is 5.82 Å². The topological polar surface area (TPSA) is 67.1 Å². The van der Waals surface area contributed by atoms with E-state index in [4.69, 9.17) is 0 Å². The molecule has 22 heavy (non-hydrogen) atoms. The van der Waals surface area contributed by atoms with Gasteiger partial charge in [0.25, 0.3) is 0 Å². The number of aromatic nitrogens is 3. The first-order valence-corrected chi connectivity index (χ1v) is 7.75. The number of rotatable bonds is 4. The van der Waals surface area contributed by atoms with Gasteiger partial charge in [0.15, 0.2) is 5.96 Å². The molecule has 1 aliphatic rings. The van der Waals surface area contributed by atoms with E-state index in [1.807, 2.05) is 30.1 Å². The van der Waals surface area contributed by atoms with Gasteiger partial charge in [-0.25, -0.2) is 9.97 Å². The second-order valence-corrected chi connectivity index (χ2v) is 5.55. The van der Waals surface area contributed by atoms with Crippen LogP contribution >= 0.6 is 0 Å². The molecule has 116 valence electrons. The van der Waals surface area contributed by atoms with Gasteiger partial charge in [0.2, 0.25) is 0 Å². The van der Waals surface area contributed by atoms with E-state index in [2.05, 4.69) is 31.7 Å². The number of guanidine groups is 1. The average Bonchev–Trinajstić information content (AvgIpc) is 3.25. The predicted octanol–water partition coefficient (Wildman–Crippen LogP) is 1.87. The van der Waals surface area contributed by atoms with Crippen molar-refractivity contribution in [2.45, 2.75) is 38.3 Å². The van der Waals surface area contributed by atoms with Gasteiger partial charge in [-0.2, -0.15) is 0 Å². The van der Waals surface area contributed by atoms with E-state index in [9.17, 15) is 0 Å². The van der Waals surface area contributed by atoms with E-state index in [-0.39, 0.29) is 0 Å². The number of pyridine rings is 1. The van der Waals surface area contributed by atoms with Crippen LogP contribution in [0.15, 0.2) is 42.0 Å². The molecular formula is C16H22N6. The van der Waals surface area contributed by atoms with E-state index in [1.165, 1.54) is 25.7 Å². The lowest BCUT2D eigenvalue weighted by atomic mass is 10.2. The van der Waals surface area contributed by atoms with Crippen LogP contribution in [-0.2, 0) is 6.54 Å². The zero-order chi connectivity index (χ0) is 15.2. The molecule has 2 aromatic rings. The van der Waals surface area contributed by atoms with Gasteiger partial charge in [-0.3, -0.25) is 9.56 Å². The highest BCUT2D eigenvalue weighted by Crippen LogP contribution is 2.17. The zero-order valence-electron chi connectivity index (χ0n) is 12.9. The number of aliphatic imine (C=N–C) groups is 1. The lowest BCUT2D eigenvalue weighted by Crippen LogP contribution is -2.41. The van der Waals surface area contributed by atoms with Crippen molar-refractivity contribution in [2.24, 2.45) is 4.99 Å². The van der Waals surface area contributed by atoms with Gasteiger partial charge in [-0.05, 0) is 24.5 Å². The highest BCUT2D eigenvalue weighted by atomic mass is 15.2. The molecule has 6 nitrogen and oxygen atoms in total. The third-order valence-corrected chi connectivity index (χ3v) is 3.96. The summed E-state index contributed by atoms with van der Waals surface area (Å²) < 4.78 is 1.89. The fourth-order valence-electron chi connectivity index (χ4n) is 2.71. The molecule has 2 aromatic heterocycles. The minimum Gasteiger partial charge on any atom is -0.354 e. The maximum atomic E-state index is 4.45. The van der Waals surface area contributed by atoms with Gasteiger partial charge in [0.05, 0.1) is 0 Å². The molecule has 0 bridgehead atoms. The molecule has 0 saturated heterocycles. The normalized spacial score (nSPS) is 16.0. The van der Waals surface area contributed by atoms with Crippen molar-refractivity contribution in [1.29, 1.82) is 0 Å². The van der Waals surface area contributed by atoms with Gasteiger partial charge in [-0.15, -0.1) is 0 Å². The van der Waals surface area contributed by atoms with Crippen LogP contribution in [0.2, 0.25) is 0 Å². The van der Waals surface area contributed by atoms with Crippen LogP contribution in [0.3, 0.4) is 0 Å². The van der Waals surface area contributed by atoms with E-state index in [0.29, 0.717) is 12.6 Å². The number of imidazole rings is 1. The fraction of sp³-hybridized carbons (Fsp3) is 0.438. The first kappa shape index (κ1) is 14.6. The molecule has 1 saturated carbocycles. The summed E-state index contributed by atoms with van der Waals surface area (Å²) in [6, 6.07) is 4.62. The van der Waals surface area contributed by atoms with Gasteiger partial charge in [0, 0.05) is 38.2 Å². The predicted molar refractivity (Wildman–Crippen MR) is 86.9 cm³/mol. The first-order valence-electron chi connectivity index (χ1n) is 7.75. The Labute approximate surface area is 130 Å². The number of nitrogens with one attached hydrogen (secondary N) is 2. The van der Waals surface area contributed by atoms with Gasteiger partial charge >= 0.3 is 0 Å². The second-order valence-electron chi connectivity index (χ2n) is 5.55. The smallest absolute Gasteiger partial charge is 0.191 e. The van der Waals surface area contributed by atoms with Crippen molar-refractivity contribution < 1.29 is 0 Å². The van der Waals surface area contributed by atoms with Crippen LogP contribution < -0.4 is 10.6 Å². The molecule has 1 aliphatic carbocycles. The molecule has 0 atom stereocenters. The van der Waals surface area contributed by atoms with Crippen LogP contribution in [0.4, 0.5) is 0 Å². The van der Waals surface area contributed by atoms with Crippen molar-refractivity contribution in [3.63, 3.8) is 0 Å². The van der Waals surface area contributed by atoms with Crippen molar-refractivity contribution in [1.82, 2.24) is 25.2 Å². The van der Waals surface area contributed by atoms with Gasteiger partial charge in [0.1, 0.15) is 12.1 Å². The summed E-state index contributed by atoms with van der Waals surface area (Å²) in [5.74, 6) is 1.74. The van der Waals surface area contributed by atoms with Gasteiger partial charge in [-0.1, -0.05) is 18.9 Å². The Kier molecular flexibility index (Phi) is 4.68. The Morgan fingerprint density at radius 2 is 2.23 bits per heavy atom. The monoisotopic (exact) mass is 298 g/mol. The molecule has 0 radical (unpaired) electrons. The average molecular weight is 298 g/mol. The van der Waals surface area contributed by atoms with Crippen LogP contribution in [0.25, 0.3) is 5.82 Å². The van der Waals surface area contributed by atoms with Crippen LogP contribution in [0, 0.1) is 0 Å². The quantitative estimate of drug-likeness (QED) is 0.668. The lowest BCUT2D eigenvalue weighted by molar-refractivity contribution is 0.613. The summed E-state index contributed by atoms with van der Waals surface area (Å²) >= 11 is 0. The molecule has 0 unspecified atom stereocenters. The SMILES string of the molecule is CN=C(NCc1ccc(-n2ccnc2)nc1)NC1CCCC1. The summed E-state index contributed by atoms with van der Waals surface area (Å²) in [6.07, 6.45) is 12.4. The summed E-state index contributed by atoms with van der Waals surface area (Å²) in [5, 5.41) is 6.82. The molecule has 1 fully saturated rings. The minimum atomic E-state index is 0.563. The highest BCUT2D eigenvalue weighted by Gasteiger charge is 2.15. The summed E-state index contributed by atoms with van der Waals surface area (Å²) in [5.41, 5.74) is 1.12. The summed E-state index contributed by atoms with van der Waals surface area (Å²) in [7, 11) is 1.81. The molecule has 2 N–H and O–H groups in total. The summed E-state index contributed by atoms with van der Waals surface area (Å²) in [6.45, 7) is 0.712. The van der Waals surface area contributed by atoms with Crippen LogP contribution in [-0.4, -0.2) is 33.6 Å². The van der Waals surface area contributed by atoms with Crippen LogP contribution in [0.1, 0.15) is 31.2 Å². The second kappa shape index (κ2) is 7.06. The van der Waals surface area contributed by atoms with E-state index in [1.54, 1.807) is 12.5 Å². The fourth-order valence-corrected chi connectivity index (χ4v) is 2.71. The molecule has 2 heterocycles. The Hall–Kier alpha value is -2.37. The molecular weight excluding hydrogens is 276 g/mol. The Balaban J connectivity index is 1.54. The molecule has 3 rings (SSSR count). The van der Waals surface area contributed by atoms with Crippen molar-refractivity contribution in [2.75, 3.05) is 7.05 Å². The Morgan fingerprint density at radius 3 is 2.86 bits per heavy atom. The Morgan fingerprint density at radius 1 is 1.36 bits per heavy atom. The number of hydrogen-bond donors (Lipinski definition) is 2. The highest BCUT2D eigenvalue weighted by molar-refractivity contribution is 5.79. The minimum absolute atomic E-state index is 0.563. The molecule has 0 amide bonds. The standard InChI is InChI=1S/C16H22N6/c1-17-16(21-14-4-2-3-5-14)20-11-13-6-7-15(19-10-13)22-9-8-18-12-22/h6-10,12,14H,2-5,11H2,1H3,(H2,17,20,21). The van der Waals surface area contributed by atoms with Crippen molar-refractivity contribution in [3.05, 3.63) is 42.6 Å². The maximum absolute atomic E-state index is 4.45. The molecule has 0 spiro atoms. The maximum Gasteiger partial charge on any atom is 0.191 e. The lowest BCUT2D eigenvalue weighted by Gasteiger charge is -2.16. The van der Waals surface area contributed by atoms with E-state index in [0.717, 1.165) is 17.3 Å². The van der Waals surface area contributed by atoms with Crippen LogP contribution in [0.5, 0.6) is 0 Å².